The Hall–Kier alpha value is 0.210. The smallest absolute Gasteiger partial charge is 0.0376 e. The molecule has 1 aliphatic rings. The van der Waals surface area contributed by atoms with Crippen LogP contribution in [-0.2, 0) is 0 Å². The fourth-order valence-corrected chi connectivity index (χ4v) is 2.44. The number of piperidine rings is 1. The van der Waals surface area contributed by atoms with Crippen LogP contribution in [0.3, 0.4) is 0 Å². The molecule has 0 radical (unpaired) electrons. The Bertz CT molecular complexity index is 175. The number of alkyl halides is 1. The van der Waals surface area contributed by atoms with E-state index < -0.39 is 0 Å². The van der Waals surface area contributed by atoms with Gasteiger partial charge in [-0.05, 0) is 53.4 Å². The first-order chi connectivity index (χ1) is 7.15. The first-order valence-electron chi connectivity index (χ1n) is 6.11. The number of hydrogen-bond acceptors (Lipinski definition) is 2. The third-order valence-electron chi connectivity index (χ3n) is 3.71. The largest absolute Gasteiger partial charge is 0.303 e. The minimum atomic E-state index is 0.501. The topological polar surface area (TPSA) is 6.48 Å². The van der Waals surface area contributed by atoms with Crippen LogP contribution >= 0.6 is 11.6 Å². The lowest BCUT2D eigenvalue weighted by atomic mass is 10.00. The van der Waals surface area contributed by atoms with E-state index in [1.807, 2.05) is 0 Å². The molecule has 0 aliphatic carbocycles. The Kier molecular flexibility index (Phi) is 5.95. The number of halogens is 1. The van der Waals surface area contributed by atoms with Crippen LogP contribution < -0.4 is 0 Å². The molecular weight excluding hydrogens is 208 g/mol. The summed E-state index contributed by atoms with van der Waals surface area (Å²) < 4.78 is 0. The molecule has 1 rings (SSSR count). The molecule has 1 heterocycles. The van der Waals surface area contributed by atoms with E-state index in [9.17, 15) is 0 Å². The molecule has 0 spiro atoms. The van der Waals surface area contributed by atoms with Gasteiger partial charge >= 0.3 is 0 Å². The van der Waals surface area contributed by atoms with Gasteiger partial charge in [-0.15, -0.1) is 11.6 Å². The van der Waals surface area contributed by atoms with Crippen LogP contribution in [0.1, 0.15) is 32.6 Å². The molecule has 2 unspecified atom stereocenters. The summed E-state index contributed by atoms with van der Waals surface area (Å²) in [6.07, 6.45) is 5.44. The summed E-state index contributed by atoms with van der Waals surface area (Å²) in [6, 6.07) is 1.30. The highest BCUT2D eigenvalue weighted by molar-refractivity contribution is 6.18. The van der Waals surface area contributed by atoms with E-state index in [1.54, 1.807) is 0 Å². The molecule has 0 aromatic carbocycles. The molecule has 1 saturated heterocycles. The monoisotopic (exact) mass is 232 g/mol. The van der Waals surface area contributed by atoms with E-state index >= 15 is 0 Å². The van der Waals surface area contributed by atoms with Gasteiger partial charge in [-0.25, -0.2) is 0 Å². The van der Waals surface area contributed by atoms with Crippen molar-refractivity contribution in [1.29, 1.82) is 0 Å². The van der Waals surface area contributed by atoms with Gasteiger partial charge in [0.15, 0.2) is 0 Å². The van der Waals surface area contributed by atoms with Crippen LogP contribution in [0.25, 0.3) is 0 Å². The van der Waals surface area contributed by atoms with E-state index in [-0.39, 0.29) is 0 Å². The fourth-order valence-electron chi connectivity index (χ4n) is 2.20. The number of nitrogens with zero attached hydrogens (tertiary/aromatic N) is 2. The average molecular weight is 233 g/mol. The molecule has 0 amide bonds. The van der Waals surface area contributed by atoms with Crippen LogP contribution in [0.4, 0.5) is 0 Å². The molecule has 0 aromatic rings. The first kappa shape index (κ1) is 13.3. The quantitative estimate of drug-likeness (QED) is 0.672. The Morgan fingerprint density at radius 1 is 1.47 bits per heavy atom. The van der Waals surface area contributed by atoms with Crippen molar-refractivity contribution in [3.63, 3.8) is 0 Å². The van der Waals surface area contributed by atoms with Crippen LogP contribution in [0.2, 0.25) is 0 Å². The summed E-state index contributed by atoms with van der Waals surface area (Å²) in [5.41, 5.74) is 0. The van der Waals surface area contributed by atoms with Gasteiger partial charge in [-0.1, -0.05) is 6.42 Å². The molecular formula is C12H25ClN2. The van der Waals surface area contributed by atoms with E-state index in [2.05, 4.69) is 30.8 Å². The summed E-state index contributed by atoms with van der Waals surface area (Å²) in [5, 5.41) is 0. The zero-order chi connectivity index (χ0) is 11.3. The highest BCUT2D eigenvalue weighted by Crippen LogP contribution is 2.18. The Morgan fingerprint density at radius 2 is 2.20 bits per heavy atom. The molecule has 2 nitrogen and oxygen atoms in total. The molecule has 0 N–H and O–H groups in total. The molecule has 0 saturated carbocycles. The number of hydrogen-bond donors (Lipinski definition) is 0. The van der Waals surface area contributed by atoms with Gasteiger partial charge in [0.2, 0.25) is 0 Å². The van der Waals surface area contributed by atoms with Gasteiger partial charge < -0.3 is 9.80 Å². The van der Waals surface area contributed by atoms with Gasteiger partial charge in [-0.2, -0.15) is 0 Å². The van der Waals surface area contributed by atoms with Gasteiger partial charge in [0.25, 0.3) is 0 Å². The minimum Gasteiger partial charge on any atom is -0.303 e. The molecule has 1 fully saturated rings. The summed E-state index contributed by atoms with van der Waals surface area (Å²) in [5.74, 6) is 0.733. The summed E-state index contributed by atoms with van der Waals surface area (Å²) in [6.45, 7) is 4.64. The fraction of sp³-hybridized carbons (Fsp3) is 1.00. The van der Waals surface area contributed by atoms with Crippen LogP contribution in [-0.4, -0.2) is 54.9 Å². The summed E-state index contributed by atoms with van der Waals surface area (Å²) >= 11 is 5.84. The second-order valence-electron chi connectivity index (χ2n) is 4.90. The van der Waals surface area contributed by atoms with Crippen molar-refractivity contribution in [2.24, 2.45) is 0 Å². The minimum absolute atomic E-state index is 0.501. The second-order valence-corrected chi connectivity index (χ2v) is 5.21. The Labute approximate surface area is 99.6 Å². The van der Waals surface area contributed by atoms with Gasteiger partial charge in [0.05, 0.1) is 0 Å². The van der Waals surface area contributed by atoms with Gasteiger partial charge in [-0.3, -0.25) is 0 Å². The highest BCUT2D eigenvalue weighted by Gasteiger charge is 2.19. The van der Waals surface area contributed by atoms with Crippen LogP contribution in [0, 0.1) is 0 Å². The van der Waals surface area contributed by atoms with Crippen LogP contribution in [0.5, 0.6) is 0 Å². The lowest BCUT2D eigenvalue weighted by Crippen LogP contribution is -2.40. The normalized spacial score (nSPS) is 25.8. The van der Waals surface area contributed by atoms with Crippen LogP contribution in [0.15, 0.2) is 0 Å². The maximum absolute atomic E-state index is 5.84. The number of likely N-dealkylation sites (tertiary alicyclic amines) is 1. The van der Waals surface area contributed by atoms with Gasteiger partial charge in [0.1, 0.15) is 0 Å². The highest BCUT2D eigenvalue weighted by atomic mass is 35.5. The summed E-state index contributed by atoms with van der Waals surface area (Å²) in [4.78, 5) is 4.89. The van der Waals surface area contributed by atoms with Crippen molar-refractivity contribution in [3.8, 4) is 0 Å². The Balaban J connectivity index is 2.23. The first-order valence-corrected chi connectivity index (χ1v) is 6.65. The third kappa shape index (κ3) is 4.29. The maximum atomic E-state index is 5.84. The molecule has 2 atom stereocenters. The Morgan fingerprint density at radius 3 is 2.80 bits per heavy atom. The van der Waals surface area contributed by atoms with Crippen molar-refractivity contribution in [2.45, 2.75) is 44.7 Å². The van der Waals surface area contributed by atoms with Crippen molar-refractivity contribution in [1.82, 2.24) is 9.80 Å². The zero-order valence-electron chi connectivity index (χ0n) is 10.4. The molecule has 3 heteroatoms. The lowest BCUT2D eigenvalue weighted by Gasteiger charge is -2.34. The molecule has 15 heavy (non-hydrogen) atoms. The van der Waals surface area contributed by atoms with Gasteiger partial charge in [0, 0.05) is 18.0 Å². The average Bonchev–Trinajstić information content (AvgIpc) is 2.26. The predicted octanol–water partition coefficient (Wildman–Crippen LogP) is 2.42. The third-order valence-corrected chi connectivity index (χ3v) is 4.16. The molecule has 1 aliphatic heterocycles. The van der Waals surface area contributed by atoms with Crippen molar-refractivity contribution >= 4 is 11.6 Å². The van der Waals surface area contributed by atoms with E-state index in [0.29, 0.717) is 6.04 Å². The molecule has 0 bridgehead atoms. The predicted molar refractivity (Wildman–Crippen MR) is 67.7 cm³/mol. The van der Waals surface area contributed by atoms with Crippen molar-refractivity contribution < 1.29 is 0 Å². The van der Waals surface area contributed by atoms with E-state index in [1.165, 1.54) is 38.8 Å². The zero-order valence-corrected chi connectivity index (χ0v) is 11.1. The SMILES string of the molecule is CC(CCl)N(C)CCC1CCCCN1C. The molecule has 90 valence electrons. The maximum Gasteiger partial charge on any atom is 0.0376 e. The standard InChI is InChI=1S/C12H25ClN2/c1-11(10-13)14(2)9-7-12-6-4-5-8-15(12)3/h11-12H,4-10H2,1-3H3. The van der Waals surface area contributed by atoms with E-state index in [4.69, 9.17) is 11.6 Å². The van der Waals surface area contributed by atoms with E-state index in [0.717, 1.165) is 11.9 Å². The van der Waals surface area contributed by atoms with Crippen molar-refractivity contribution in [2.75, 3.05) is 33.1 Å². The summed E-state index contributed by atoms with van der Waals surface area (Å²) in [7, 11) is 4.44. The molecule has 0 aromatic heterocycles. The number of rotatable bonds is 5. The second kappa shape index (κ2) is 6.72. The lowest BCUT2D eigenvalue weighted by molar-refractivity contribution is 0.153. The van der Waals surface area contributed by atoms with Crippen molar-refractivity contribution in [3.05, 3.63) is 0 Å².